The fraction of sp³-hybridized carbons (Fsp3) is 0.250. The number of hydrogen-bond donors (Lipinski definition) is 0. The monoisotopic (exact) mass is 156 g/mol. The normalized spacial score (nSPS) is 9.50. The largest absolute Gasteiger partial charge is 0.378 e. The summed E-state index contributed by atoms with van der Waals surface area (Å²) in [5.74, 6) is 0. The van der Waals surface area contributed by atoms with Crippen LogP contribution < -0.4 is 4.90 Å². The number of benzene rings is 1. The molecular weight excluding hydrogens is 147 g/mol. The van der Waals surface area contributed by atoms with Crippen LogP contribution in [0.4, 0.5) is 5.69 Å². The Morgan fingerprint density at radius 1 is 1.10 bits per heavy atom. The minimum Gasteiger partial charge on any atom is -0.378 e. The van der Waals surface area contributed by atoms with Crippen molar-refractivity contribution in [2.45, 2.75) is 0 Å². The minimum atomic E-state index is 0.783. The molecule has 0 N–H and O–H groups in total. The van der Waals surface area contributed by atoms with Crippen molar-refractivity contribution in [1.82, 2.24) is 0 Å². The molecule has 1 aromatic rings. The van der Waals surface area contributed by atoms with Crippen molar-refractivity contribution in [3.63, 3.8) is 0 Å². The first-order valence-electron chi connectivity index (χ1n) is 3.13. The van der Waals surface area contributed by atoms with Gasteiger partial charge in [0.05, 0.1) is 0 Å². The smallest absolute Gasteiger partial charge is 0.0407 e. The molecule has 10 heavy (non-hydrogen) atoms. The highest BCUT2D eigenvalue weighted by Gasteiger charge is 1.91. The van der Waals surface area contributed by atoms with E-state index in [-0.39, 0.29) is 0 Å². The first kappa shape index (κ1) is 7.42. The van der Waals surface area contributed by atoms with Gasteiger partial charge in [0.2, 0.25) is 0 Å². The molecule has 0 spiro atoms. The second-order valence-corrected chi connectivity index (χ2v) is 2.81. The summed E-state index contributed by atoms with van der Waals surface area (Å²) in [6.45, 7) is 0. The minimum absolute atomic E-state index is 0.783. The van der Waals surface area contributed by atoms with Gasteiger partial charge < -0.3 is 4.90 Å². The van der Waals surface area contributed by atoms with E-state index in [9.17, 15) is 0 Å². The first-order chi connectivity index (χ1) is 4.70. The fourth-order valence-electron chi connectivity index (χ4n) is 0.739. The van der Waals surface area contributed by atoms with Crippen LogP contribution >= 0.6 is 11.6 Å². The number of halogens is 1. The van der Waals surface area contributed by atoms with E-state index >= 15 is 0 Å². The lowest BCUT2D eigenvalue weighted by atomic mass is 10.4. The van der Waals surface area contributed by atoms with E-state index in [1.807, 2.05) is 43.3 Å². The third kappa shape index (κ3) is 1.64. The predicted octanol–water partition coefficient (Wildman–Crippen LogP) is 2.41. The molecule has 1 rings (SSSR count). The average Bonchev–Trinajstić information content (AvgIpc) is 1.88. The summed E-state index contributed by atoms with van der Waals surface area (Å²) < 4.78 is 0. The Labute approximate surface area is 66.2 Å². The van der Waals surface area contributed by atoms with Gasteiger partial charge in [-0.15, -0.1) is 0 Å². The number of rotatable bonds is 1. The molecule has 0 aromatic heterocycles. The summed E-state index contributed by atoms with van der Waals surface area (Å²) in [6, 6.07) is 7.75. The van der Waals surface area contributed by atoms with Gasteiger partial charge in [-0.2, -0.15) is 0 Å². The number of nitrogens with zero attached hydrogens (tertiary/aromatic N) is 1. The summed E-state index contributed by atoms with van der Waals surface area (Å²) in [7, 11) is 4.01. The van der Waals surface area contributed by atoms with Crippen molar-refractivity contribution in [2.75, 3.05) is 19.0 Å². The van der Waals surface area contributed by atoms with Gasteiger partial charge in [-0.1, -0.05) is 11.6 Å². The van der Waals surface area contributed by atoms with E-state index in [0.717, 1.165) is 5.02 Å². The summed E-state index contributed by atoms with van der Waals surface area (Å²) in [4.78, 5) is 2.04. The van der Waals surface area contributed by atoms with Crippen LogP contribution in [-0.4, -0.2) is 14.1 Å². The molecule has 1 nitrogen and oxygen atoms in total. The molecule has 0 heterocycles. The molecular formula is C8H10ClN. The van der Waals surface area contributed by atoms with E-state index in [1.165, 1.54) is 5.69 Å². The molecule has 0 aliphatic heterocycles. The van der Waals surface area contributed by atoms with E-state index in [1.54, 1.807) is 0 Å². The molecule has 0 saturated heterocycles. The Morgan fingerprint density at radius 2 is 1.60 bits per heavy atom. The molecule has 0 saturated carbocycles. The highest BCUT2D eigenvalue weighted by molar-refractivity contribution is 6.30. The predicted molar refractivity (Wildman–Crippen MR) is 45.8 cm³/mol. The van der Waals surface area contributed by atoms with E-state index < -0.39 is 0 Å². The first-order valence-corrected chi connectivity index (χ1v) is 3.51. The maximum Gasteiger partial charge on any atom is 0.0407 e. The maximum atomic E-state index is 5.70. The summed E-state index contributed by atoms with van der Waals surface area (Å²) in [5, 5.41) is 0.783. The Hall–Kier alpha value is -0.690. The summed E-state index contributed by atoms with van der Waals surface area (Å²) in [6.07, 6.45) is 0. The highest BCUT2D eigenvalue weighted by atomic mass is 35.5. The van der Waals surface area contributed by atoms with Crippen molar-refractivity contribution in [3.05, 3.63) is 29.3 Å². The molecule has 0 unspecified atom stereocenters. The van der Waals surface area contributed by atoms with Crippen LogP contribution in [0, 0.1) is 0 Å². The fourth-order valence-corrected chi connectivity index (χ4v) is 0.865. The zero-order valence-corrected chi connectivity index (χ0v) is 6.89. The Balaban J connectivity index is 2.89. The summed E-state index contributed by atoms with van der Waals surface area (Å²) in [5.41, 5.74) is 1.17. The van der Waals surface area contributed by atoms with Crippen molar-refractivity contribution in [1.29, 1.82) is 0 Å². The van der Waals surface area contributed by atoms with Crippen LogP contribution in [0.15, 0.2) is 24.3 Å². The van der Waals surface area contributed by atoms with Gasteiger partial charge in [0.25, 0.3) is 0 Å². The molecule has 0 aliphatic rings. The molecule has 54 valence electrons. The van der Waals surface area contributed by atoms with Crippen molar-refractivity contribution >= 4 is 17.3 Å². The third-order valence-electron chi connectivity index (χ3n) is 1.34. The lowest BCUT2D eigenvalue weighted by Crippen LogP contribution is -2.07. The Kier molecular flexibility index (Phi) is 2.17. The summed E-state index contributed by atoms with van der Waals surface area (Å²) >= 11 is 5.70. The standard InChI is InChI=1S/C8H10ClN/c1-10(2)8-5-3-7(9)4-6-8/h3-6H,1-2H3/i8+1. The van der Waals surface area contributed by atoms with Crippen LogP contribution in [0.25, 0.3) is 0 Å². The van der Waals surface area contributed by atoms with E-state index in [2.05, 4.69) is 0 Å². The quantitative estimate of drug-likeness (QED) is 0.604. The van der Waals surface area contributed by atoms with Crippen LogP contribution in [0.5, 0.6) is 0 Å². The molecule has 0 radical (unpaired) electrons. The van der Waals surface area contributed by atoms with Gasteiger partial charge in [0, 0.05) is 24.8 Å². The van der Waals surface area contributed by atoms with E-state index in [4.69, 9.17) is 11.6 Å². The van der Waals surface area contributed by atoms with Gasteiger partial charge in [0.15, 0.2) is 0 Å². The van der Waals surface area contributed by atoms with Gasteiger partial charge in [0.1, 0.15) is 0 Å². The number of hydrogen-bond acceptors (Lipinski definition) is 1. The van der Waals surface area contributed by atoms with E-state index in [0.29, 0.717) is 0 Å². The molecule has 0 bridgehead atoms. The zero-order chi connectivity index (χ0) is 7.56. The number of anilines is 1. The molecule has 0 amide bonds. The van der Waals surface area contributed by atoms with Crippen LogP contribution in [-0.2, 0) is 0 Å². The maximum absolute atomic E-state index is 5.70. The van der Waals surface area contributed by atoms with Gasteiger partial charge in [-0.25, -0.2) is 0 Å². The van der Waals surface area contributed by atoms with Crippen LogP contribution in [0.2, 0.25) is 5.02 Å². The third-order valence-corrected chi connectivity index (χ3v) is 1.60. The second kappa shape index (κ2) is 2.93. The Bertz CT molecular complexity index is 203. The van der Waals surface area contributed by atoms with Crippen LogP contribution in [0.3, 0.4) is 0 Å². The molecule has 0 aliphatic carbocycles. The lowest BCUT2D eigenvalue weighted by Gasteiger charge is -2.11. The van der Waals surface area contributed by atoms with Crippen molar-refractivity contribution in [3.8, 4) is 0 Å². The van der Waals surface area contributed by atoms with Gasteiger partial charge >= 0.3 is 0 Å². The SMILES string of the molecule is CN(C)[13c]1ccc(Cl)cc1. The molecule has 0 fully saturated rings. The molecule has 0 atom stereocenters. The second-order valence-electron chi connectivity index (χ2n) is 2.37. The lowest BCUT2D eigenvalue weighted by molar-refractivity contribution is 1.13. The van der Waals surface area contributed by atoms with Crippen molar-refractivity contribution < 1.29 is 0 Å². The van der Waals surface area contributed by atoms with Gasteiger partial charge in [-0.05, 0) is 24.3 Å². The average molecular weight is 157 g/mol. The molecule has 1 aromatic carbocycles. The molecule has 2 heteroatoms. The topological polar surface area (TPSA) is 3.24 Å². The van der Waals surface area contributed by atoms with Gasteiger partial charge in [-0.3, -0.25) is 0 Å². The highest BCUT2D eigenvalue weighted by Crippen LogP contribution is 2.14. The Morgan fingerprint density at radius 3 is 2.00 bits per heavy atom. The van der Waals surface area contributed by atoms with Crippen molar-refractivity contribution in [2.24, 2.45) is 0 Å². The van der Waals surface area contributed by atoms with Crippen LogP contribution in [0.1, 0.15) is 0 Å². The zero-order valence-electron chi connectivity index (χ0n) is 6.13.